The molecule has 0 heterocycles. The molecule has 0 aliphatic heterocycles. The van der Waals surface area contributed by atoms with Gasteiger partial charge in [0.25, 0.3) is 0 Å². The van der Waals surface area contributed by atoms with Crippen LogP contribution in [0.2, 0.25) is 0 Å². The second kappa shape index (κ2) is 11.5. The molecule has 0 bridgehead atoms. The standard InChI is InChI=1S/C25H31NO5/c27-22-14-9-16-25(22,23(28)30-18-20-10-3-1-4-11-20)15-7-8-17-26-24(29)31-19-21-12-5-2-6-13-21/h1-6,10-13,22,27H,7-9,14-19H2,(H,26,29). The Kier molecular flexibility index (Phi) is 8.47. The quantitative estimate of drug-likeness (QED) is 0.436. The average Bonchev–Trinajstić information content (AvgIpc) is 3.18. The number of aliphatic hydroxyl groups is 1. The zero-order chi connectivity index (χ0) is 21.9. The van der Waals surface area contributed by atoms with Gasteiger partial charge in [-0.1, -0.05) is 67.1 Å². The normalized spacial score (nSPS) is 20.2. The van der Waals surface area contributed by atoms with Crippen LogP contribution in [0.15, 0.2) is 60.7 Å². The Morgan fingerprint density at radius 1 is 0.935 bits per heavy atom. The first-order valence-electron chi connectivity index (χ1n) is 10.9. The van der Waals surface area contributed by atoms with Crippen LogP contribution in [0.25, 0.3) is 0 Å². The monoisotopic (exact) mass is 425 g/mol. The molecular weight excluding hydrogens is 394 g/mol. The Morgan fingerprint density at radius 2 is 1.55 bits per heavy atom. The van der Waals surface area contributed by atoms with Crippen molar-refractivity contribution in [3.8, 4) is 0 Å². The minimum absolute atomic E-state index is 0.211. The molecule has 2 N–H and O–H groups in total. The third kappa shape index (κ3) is 6.56. The van der Waals surface area contributed by atoms with Gasteiger partial charge in [-0.15, -0.1) is 0 Å². The lowest BCUT2D eigenvalue weighted by Crippen LogP contribution is -2.40. The van der Waals surface area contributed by atoms with Crippen molar-refractivity contribution in [2.75, 3.05) is 6.54 Å². The van der Waals surface area contributed by atoms with Gasteiger partial charge in [0.05, 0.1) is 11.5 Å². The van der Waals surface area contributed by atoms with E-state index in [2.05, 4.69) is 5.32 Å². The fourth-order valence-corrected chi connectivity index (χ4v) is 4.08. The van der Waals surface area contributed by atoms with E-state index in [4.69, 9.17) is 9.47 Å². The number of alkyl carbamates (subject to hydrolysis) is 1. The summed E-state index contributed by atoms with van der Waals surface area (Å²) in [7, 11) is 0. The highest BCUT2D eigenvalue weighted by molar-refractivity contribution is 5.78. The maximum Gasteiger partial charge on any atom is 0.407 e. The van der Waals surface area contributed by atoms with Crippen molar-refractivity contribution < 1.29 is 24.2 Å². The molecule has 0 radical (unpaired) electrons. The van der Waals surface area contributed by atoms with Gasteiger partial charge < -0.3 is 19.9 Å². The third-order valence-corrected chi connectivity index (χ3v) is 5.89. The maximum absolute atomic E-state index is 12.9. The Hall–Kier alpha value is -2.86. The van der Waals surface area contributed by atoms with Crippen molar-refractivity contribution in [3.63, 3.8) is 0 Å². The van der Waals surface area contributed by atoms with E-state index in [0.29, 0.717) is 38.6 Å². The Bertz CT molecular complexity index is 826. The van der Waals surface area contributed by atoms with Gasteiger partial charge in [0.15, 0.2) is 0 Å². The van der Waals surface area contributed by atoms with Crippen molar-refractivity contribution in [1.29, 1.82) is 0 Å². The lowest BCUT2D eigenvalue weighted by Gasteiger charge is -2.30. The number of esters is 1. The van der Waals surface area contributed by atoms with Gasteiger partial charge in [-0.05, 0) is 43.2 Å². The molecule has 1 amide bonds. The molecule has 1 aliphatic rings. The van der Waals surface area contributed by atoms with Gasteiger partial charge in [0.2, 0.25) is 0 Å². The van der Waals surface area contributed by atoms with Crippen molar-refractivity contribution in [2.24, 2.45) is 5.41 Å². The zero-order valence-corrected chi connectivity index (χ0v) is 17.8. The van der Waals surface area contributed by atoms with E-state index in [1.54, 1.807) is 0 Å². The van der Waals surface area contributed by atoms with Crippen molar-refractivity contribution in [3.05, 3.63) is 71.8 Å². The van der Waals surface area contributed by atoms with Crippen LogP contribution in [-0.4, -0.2) is 29.8 Å². The summed E-state index contributed by atoms with van der Waals surface area (Å²) in [6.07, 6.45) is 2.87. The number of rotatable bonds is 10. The second-order valence-corrected chi connectivity index (χ2v) is 8.07. The molecule has 2 aromatic carbocycles. The molecule has 2 atom stereocenters. The molecule has 1 fully saturated rings. The van der Waals surface area contributed by atoms with Crippen LogP contribution in [0.3, 0.4) is 0 Å². The predicted octanol–water partition coefficient (Wildman–Crippen LogP) is 4.36. The van der Waals surface area contributed by atoms with E-state index < -0.39 is 17.6 Å². The number of hydrogen-bond acceptors (Lipinski definition) is 5. The number of aliphatic hydroxyl groups excluding tert-OH is 1. The minimum Gasteiger partial charge on any atom is -0.460 e. The SMILES string of the molecule is O=C(NCCCCC1(C(=O)OCc2ccccc2)CCCC1O)OCc1ccccc1. The minimum atomic E-state index is -0.845. The summed E-state index contributed by atoms with van der Waals surface area (Å²) in [6, 6.07) is 19.0. The van der Waals surface area contributed by atoms with E-state index in [0.717, 1.165) is 17.5 Å². The van der Waals surface area contributed by atoms with Crippen LogP contribution in [0.1, 0.15) is 49.7 Å². The number of carbonyl (C=O) groups is 2. The van der Waals surface area contributed by atoms with Gasteiger partial charge in [0, 0.05) is 6.54 Å². The predicted molar refractivity (Wildman–Crippen MR) is 117 cm³/mol. The van der Waals surface area contributed by atoms with Crippen molar-refractivity contribution >= 4 is 12.1 Å². The van der Waals surface area contributed by atoms with Crippen LogP contribution < -0.4 is 5.32 Å². The zero-order valence-electron chi connectivity index (χ0n) is 17.8. The summed E-state index contributed by atoms with van der Waals surface area (Å²) in [5, 5.41) is 13.3. The number of ether oxygens (including phenoxy) is 2. The van der Waals surface area contributed by atoms with Gasteiger partial charge in [-0.2, -0.15) is 0 Å². The molecule has 0 saturated heterocycles. The largest absolute Gasteiger partial charge is 0.460 e. The van der Waals surface area contributed by atoms with Crippen molar-refractivity contribution in [2.45, 2.75) is 57.8 Å². The van der Waals surface area contributed by atoms with Crippen LogP contribution in [0.5, 0.6) is 0 Å². The molecule has 0 aromatic heterocycles. The third-order valence-electron chi connectivity index (χ3n) is 5.89. The smallest absolute Gasteiger partial charge is 0.407 e. The highest BCUT2D eigenvalue weighted by Gasteiger charge is 2.49. The molecule has 2 unspecified atom stereocenters. The fraction of sp³-hybridized carbons (Fsp3) is 0.440. The van der Waals surface area contributed by atoms with Gasteiger partial charge in [-0.3, -0.25) is 4.79 Å². The van der Waals surface area contributed by atoms with Gasteiger partial charge in [0.1, 0.15) is 13.2 Å². The molecule has 166 valence electrons. The first kappa shape index (κ1) is 22.8. The average molecular weight is 426 g/mol. The highest BCUT2D eigenvalue weighted by atomic mass is 16.5. The number of nitrogens with one attached hydrogen (secondary N) is 1. The molecule has 3 rings (SSSR count). The van der Waals surface area contributed by atoms with E-state index in [1.807, 2.05) is 60.7 Å². The van der Waals surface area contributed by atoms with E-state index >= 15 is 0 Å². The first-order valence-corrected chi connectivity index (χ1v) is 10.9. The highest BCUT2D eigenvalue weighted by Crippen LogP contribution is 2.43. The summed E-state index contributed by atoms with van der Waals surface area (Å²) >= 11 is 0. The van der Waals surface area contributed by atoms with E-state index in [-0.39, 0.29) is 19.2 Å². The summed E-state index contributed by atoms with van der Waals surface area (Å²) in [4.78, 5) is 24.7. The van der Waals surface area contributed by atoms with Crippen molar-refractivity contribution in [1.82, 2.24) is 5.32 Å². The number of carbonyl (C=O) groups excluding carboxylic acids is 2. The molecule has 1 aliphatic carbocycles. The lowest BCUT2D eigenvalue weighted by atomic mass is 9.79. The summed E-state index contributed by atoms with van der Waals surface area (Å²) < 4.78 is 10.8. The topological polar surface area (TPSA) is 84.9 Å². The molecule has 6 heteroatoms. The Balaban J connectivity index is 1.39. The fourth-order valence-electron chi connectivity index (χ4n) is 4.08. The summed E-state index contributed by atoms with van der Waals surface area (Å²) in [5.41, 5.74) is 1.02. The Morgan fingerprint density at radius 3 is 2.13 bits per heavy atom. The molecule has 2 aromatic rings. The Labute approximate surface area is 183 Å². The molecule has 0 spiro atoms. The molecule has 31 heavy (non-hydrogen) atoms. The summed E-state index contributed by atoms with van der Waals surface area (Å²) in [6.45, 7) is 0.900. The van der Waals surface area contributed by atoms with Crippen LogP contribution in [0.4, 0.5) is 4.79 Å². The van der Waals surface area contributed by atoms with Gasteiger partial charge >= 0.3 is 12.1 Å². The van der Waals surface area contributed by atoms with Gasteiger partial charge in [-0.25, -0.2) is 4.79 Å². The van der Waals surface area contributed by atoms with Crippen LogP contribution >= 0.6 is 0 Å². The maximum atomic E-state index is 12.9. The van der Waals surface area contributed by atoms with E-state index in [9.17, 15) is 14.7 Å². The number of hydrogen-bond donors (Lipinski definition) is 2. The summed E-state index contributed by atoms with van der Waals surface area (Å²) in [5.74, 6) is -0.323. The lowest BCUT2D eigenvalue weighted by molar-refractivity contribution is -0.163. The van der Waals surface area contributed by atoms with E-state index in [1.165, 1.54) is 0 Å². The number of amides is 1. The number of benzene rings is 2. The molecule has 6 nitrogen and oxygen atoms in total. The van der Waals surface area contributed by atoms with Crippen LogP contribution in [0, 0.1) is 5.41 Å². The second-order valence-electron chi connectivity index (χ2n) is 8.07. The number of unbranched alkanes of at least 4 members (excludes halogenated alkanes) is 1. The first-order chi connectivity index (χ1) is 15.1. The van der Waals surface area contributed by atoms with Crippen LogP contribution in [-0.2, 0) is 27.5 Å². The molecular formula is C25H31NO5. The molecule has 1 saturated carbocycles.